The number of hydrogen-bond donors (Lipinski definition) is 3. The molecule has 222 valence electrons. The zero-order chi connectivity index (χ0) is 30.2. The molecule has 1 fully saturated rings. The van der Waals surface area contributed by atoms with Crippen molar-refractivity contribution in [1.82, 2.24) is 5.32 Å². The first-order valence-corrected chi connectivity index (χ1v) is 15.3. The van der Waals surface area contributed by atoms with Gasteiger partial charge in [0.25, 0.3) is 0 Å². The van der Waals surface area contributed by atoms with Crippen LogP contribution < -0.4 is 10.6 Å². The number of thioether (sulfide) groups is 1. The van der Waals surface area contributed by atoms with E-state index >= 15 is 0 Å². The molecule has 1 heterocycles. The summed E-state index contributed by atoms with van der Waals surface area (Å²) >= 11 is 1.71. The number of nitrogens with one attached hydrogen (secondary N) is 2. The van der Waals surface area contributed by atoms with Crippen molar-refractivity contribution in [2.24, 2.45) is 0 Å². The van der Waals surface area contributed by atoms with Crippen molar-refractivity contribution >= 4 is 29.3 Å². The topological polar surface area (TPSA) is 96.9 Å². The van der Waals surface area contributed by atoms with E-state index in [1.54, 1.807) is 11.8 Å². The SMILES string of the molecule is CC(=O)NCc1cccc(-c2cccc([C@H]3O[C@@H](CSc4ccc(NC(C)=O)cc4)C[C@@H](c4ccc(CO)cc4)O3)c2)c1. The van der Waals surface area contributed by atoms with Gasteiger partial charge < -0.3 is 25.2 Å². The summed E-state index contributed by atoms with van der Waals surface area (Å²) in [6.07, 6.45) is -0.127. The van der Waals surface area contributed by atoms with Gasteiger partial charge in [-0.05, 0) is 64.2 Å². The van der Waals surface area contributed by atoms with E-state index in [-0.39, 0.29) is 30.6 Å². The van der Waals surface area contributed by atoms with Crippen LogP contribution in [-0.2, 0) is 32.2 Å². The van der Waals surface area contributed by atoms with Crippen LogP contribution in [0.3, 0.4) is 0 Å². The third-order valence-electron chi connectivity index (χ3n) is 7.19. The summed E-state index contributed by atoms with van der Waals surface area (Å²) in [5, 5.41) is 15.2. The summed E-state index contributed by atoms with van der Waals surface area (Å²) in [5.41, 5.74) is 6.71. The second kappa shape index (κ2) is 14.5. The fraction of sp³-hybridized carbons (Fsp3) is 0.257. The van der Waals surface area contributed by atoms with Crippen LogP contribution >= 0.6 is 11.8 Å². The first kappa shape index (κ1) is 30.5. The van der Waals surface area contributed by atoms with Crippen LogP contribution in [-0.4, -0.2) is 28.8 Å². The maximum atomic E-state index is 11.4. The van der Waals surface area contributed by atoms with Crippen LogP contribution in [0.25, 0.3) is 11.1 Å². The highest BCUT2D eigenvalue weighted by molar-refractivity contribution is 7.99. The molecule has 4 aromatic rings. The number of rotatable bonds is 10. The molecule has 3 atom stereocenters. The molecule has 0 spiro atoms. The van der Waals surface area contributed by atoms with Crippen molar-refractivity contribution < 1.29 is 24.2 Å². The van der Waals surface area contributed by atoms with Crippen molar-refractivity contribution in [3.63, 3.8) is 0 Å². The van der Waals surface area contributed by atoms with Gasteiger partial charge in [-0.25, -0.2) is 0 Å². The number of carbonyl (C=O) groups excluding carboxylic acids is 2. The van der Waals surface area contributed by atoms with E-state index in [0.29, 0.717) is 13.0 Å². The Morgan fingerprint density at radius 1 is 0.814 bits per heavy atom. The molecule has 8 heteroatoms. The van der Waals surface area contributed by atoms with Crippen LogP contribution in [0.4, 0.5) is 5.69 Å². The predicted octanol–water partition coefficient (Wildman–Crippen LogP) is 6.78. The molecule has 0 radical (unpaired) electrons. The van der Waals surface area contributed by atoms with Gasteiger partial charge in [-0.1, -0.05) is 60.7 Å². The third-order valence-corrected chi connectivity index (χ3v) is 8.33. The van der Waals surface area contributed by atoms with Crippen LogP contribution in [0.2, 0.25) is 0 Å². The van der Waals surface area contributed by atoms with E-state index in [0.717, 1.165) is 49.7 Å². The predicted molar refractivity (Wildman–Crippen MR) is 169 cm³/mol. The van der Waals surface area contributed by atoms with Gasteiger partial charge in [-0.3, -0.25) is 9.59 Å². The molecule has 4 aromatic carbocycles. The van der Waals surface area contributed by atoms with E-state index in [9.17, 15) is 14.7 Å². The Balaban J connectivity index is 1.35. The highest BCUT2D eigenvalue weighted by Crippen LogP contribution is 2.40. The number of hydrogen-bond acceptors (Lipinski definition) is 6. The van der Waals surface area contributed by atoms with E-state index in [1.165, 1.54) is 13.8 Å². The quantitative estimate of drug-likeness (QED) is 0.175. The summed E-state index contributed by atoms with van der Waals surface area (Å²) < 4.78 is 13.1. The summed E-state index contributed by atoms with van der Waals surface area (Å²) in [7, 11) is 0. The van der Waals surface area contributed by atoms with Gasteiger partial charge in [0.05, 0.1) is 18.8 Å². The Bertz CT molecular complexity index is 1540. The molecule has 5 rings (SSSR count). The summed E-state index contributed by atoms with van der Waals surface area (Å²) in [5.74, 6) is 0.575. The average Bonchev–Trinajstić information content (AvgIpc) is 3.03. The molecule has 0 saturated carbocycles. The van der Waals surface area contributed by atoms with Gasteiger partial charge in [0.1, 0.15) is 0 Å². The zero-order valence-corrected chi connectivity index (χ0v) is 25.1. The number of aliphatic hydroxyl groups is 1. The zero-order valence-electron chi connectivity index (χ0n) is 24.3. The van der Waals surface area contributed by atoms with Crippen molar-refractivity contribution in [1.29, 1.82) is 0 Å². The van der Waals surface area contributed by atoms with Gasteiger partial charge in [0.2, 0.25) is 11.8 Å². The van der Waals surface area contributed by atoms with Crippen LogP contribution in [0.5, 0.6) is 0 Å². The maximum absolute atomic E-state index is 11.4. The number of aliphatic hydroxyl groups excluding tert-OH is 1. The number of ether oxygens (including phenoxy) is 2. The standard InChI is InChI=1S/C35H36N2O5S/c1-23(39)36-20-26-5-3-6-28(17-26)29-7-4-8-30(18-29)35-41-32(19-34(42-35)27-11-9-25(21-38)10-12-27)22-43-33-15-13-31(14-16-33)37-24(2)40/h3-18,32,34-35,38H,19-22H2,1-2H3,(H,36,39)(H,37,40)/t32-,34+,35+/m1/s1. The number of amides is 2. The molecule has 3 N–H and O–H groups in total. The maximum Gasteiger partial charge on any atom is 0.221 e. The Hall–Kier alpha value is -3.95. The molecular formula is C35H36N2O5S. The fourth-order valence-corrected chi connectivity index (χ4v) is 5.92. The monoisotopic (exact) mass is 596 g/mol. The van der Waals surface area contributed by atoms with Gasteiger partial charge in [-0.15, -0.1) is 11.8 Å². The minimum atomic E-state index is -0.563. The minimum Gasteiger partial charge on any atom is -0.392 e. The van der Waals surface area contributed by atoms with Gasteiger partial charge in [0.15, 0.2) is 6.29 Å². The lowest BCUT2D eigenvalue weighted by molar-refractivity contribution is -0.245. The Labute approximate surface area is 256 Å². The molecule has 43 heavy (non-hydrogen) atoms. The van der Waals surface area contributed by atoms with Crippen molar-refractivity contribution in [2.75, 3.05) is 11.1 Å². The van der Waals surface area contributed by atoms with E-state index in [4.69, 9.17) is 9.47 Å². The lowest BCUT2D eigenvalue weighted by Gasteiger charge is -2.36. The number of benzene rings is 4. The molecule has 1 aliphatic heterocycles. The minimum absolute atomic E-state index is 0.00363. The van der Waals surface area contributed by atoms with Crippen LogP contribution in [0.1, 0.15) is 54.9 Å². The highest BCUT2D eigenvalue weighted by Gasteiger charge is 2.32. The smallest absolute Gasteiger partial charge is 0.221 e. The summed E-state index contributed by atoms with van der Waals surface area (Å²) in [6.45, 7) is 3.48. The molecule has 1 saturated heterocycles. The Morgan fingerprint density at radius 3 is 2.23 bits per heavy atom. The number of carbonyl (C=O) groups is 2. The van der Waals surface area contributed by atoms with E-state index in [2.05, 4.69) is 34.9 Å². The highest BCUT2D eigenvalue weighted by atomic mass is 32.2. The normalized spacial score (nSPS) is 18.2. The lowest BCUT2D eigenvalue weighted by atomic mass is 9.99. The Morgan fingerprint density at radius 2 is 1.53 bits per heavy atom. The van der Waals surface area contributed by atoms with Crippen molar-refractivity contribution in [3.8, 4) is 11.1 Å². The van der Waals surface area contributed by atoms with Crippen molar-refractivity contribution in [3.05, 3.63) is 119 Å². The fourth-order valence-electron chi connectivity index (χ4n) is 5.00. The van der Waals surface area contributed by atoms with Gasteiger partial charge in [-0.2, -0.15) is 0 Å². The second-order valence-corrected chi connectivity index (χ2v) is 11.7. The lowest BCUT2D eigenvalue weighted by Crippen LogP contribution is -2.31. The Kier molecular flexibility index (Phi) is 10.3. The van der Waals surface area contributed by atoms with Gasteiger partial charge in [0, 0.05) is 48.7 Å². The largest absolute Gasteiger partial charge is 0.392 e. The molecule has 0 unspecified atom stereocenters. The van der Waals surface area contributed by atoms with E-state index < -0.39 is 6.29 Å². The molecule has 7 nitrogen and oxygen atoms in total. The average molecular weight is 597 g/mol. The third kappa shape index (κ3) is 8.55. The van der Waals surface area contributed by atoms with Crippen LogP contribution in [0.15, 0.2) is 102 Å². The second-order valence-electron chi connectivity index (χ2n) is 10.6. The summed E-state index contributed by atoms with van der Waals surface area (Å²) in [6, 6.07) is 32.0. The molecule has 2 amide bonds. The molecule has 1 aliphatic rings. The first-order valence-electron chi connectivity index (χ1n) is 14.3. The molecule has 0 aliphatic carbocycles. The van der Waals surface area contributed by atoms with Crippen molar-refractivity contribution in [2.45, 2.75) is 56.8 Å². The molecule has 0 aromatic heterocycles. The van der Waals surface area contributed by atoms with Crippen LogP contribution in [0, 0.1) is 0 Å². The molecular weight excluding hydrogens is 560 g/mol. The number of anilines is 1. The molecule has 0 bridgehead atoms. The van der Waals surface area contributed by atoms with Gasteiger partial charge >= 0.3 is 0 Å². The van der Waals surface area contributed by atoms with E-state index in [1.807, 2.05) is 72.8 Å². The first-order chi connectivity index (χ1) is 20.9. The summed E-state index contributed by atoms with van der Waals surface area (Å²) in [4.78, 5) is 23.8.